The molecular formula is C21H20F5N5O2. The van der Waals surface area contributed by atoms with Crippen molar-refractivity contribution in [2.45, 2.75) is 26.1 Å². The molecule has 0 unspecified atom stereocenters. The third-order valence-electron chi connectivity index (χ3n) is 5.36. The predicted octanol–water partition coefficient (Wildman–Crippen LogP) is 3.54. The highest BCUT2D eigenvalue weighted by atomic mass is 19.4. The molecule has 1 aliphatic rings. The summed E-state index contributed by atoms with van der Waals surface area (Å²) in [5, 5.41) is 4.59. The number of aryl methyl sites for hydroxylation is 1. The molecule has 3 heterocycles. The molecule has 1 aromatic carbocycles. The number of benzene rings is 1. The van der Waals surface area contributed by atoms with Crippen molar-refractivity contribution in [1.29, 1.82) is 0 Å². The summed E-state index contributed by atoms with van der Waals surface area (Å²) in [6, 6.07) is 2.03. The number of alkyl halides is 3. The van der Waals surface area contributed by atoms with Crippen molar-refractivity contribution >= 4 is 16.7 Å². The summed E-state index contributed by atoms with van der Waals surface area (Å²) in [5.74, 6) is -2.31. The molecule has 0 amide bonds. The van der Waals surface area contributed by atoms with Crippen LogP contribution in [0.4, 0.5) is 27.8 Å². The van der Waals surface area contributed by atoms with E-state index in [0.717, 1.165) is 10.7 Å². The number of fused-ring (bicyclic) bond motifs is 1. The molecule has 1 atom stereocenters. The van der Waals surface area contributed by atoms with Crippen molar-refractivity contribution in [3.05, 3.63) is 63.3 Å². The molecule has 2 aromatic heterocycles. The number of hydrogen-bond donors (Lipinski definition) is 1. The van der Waals surface area contributed by atoms with E-state index in [1.54, 1.807) is 5.01 Å². The van der Waals surface area contributed by atoms with Crippen LogP contribution in [0.15, 0.2) is 29.2 Å². The standard InChI is InChI=1S/C21H20F5N5O2/c1-11(13-4-3-5-15(16(13)22)21(24,25)26)27-19-14-10-31(30-6-8-33-9-7-30)20(32)17(23)18(14)28-12(2)29-19/h3-5,10-11H,6-9H2,1-2H3,(H,27,28,29)/t11-/m1/s1. The van der Waals surface area contributed by atoms with Gasteiger partial charge in [0.1, 0.15) is 23.0 Å². The Labute approximate surface area is 184 Å². The average molecular weight is 469 g/mol. The Morgan fingerprint density at radius 3 is 2.48 bits per heavy atom. The largest absolute Gasteiger partial charge is 0.419 e. The normalized spacial score (nSPS) is 15.7. The highest BCUT2D eigenvalue weighted by molar-refractivity contribution is 5.89. The third-order valence-corrected chi connectivity index (χ3v) is 5.36. The van der Waals surface area contributed by atoms with Crippen LogP contribution < -0.4 is 15.9 Å². The Morgan fingerprint density at radius 2 is 1.82 bits per heavy atom. The summed E-state index contributed by atoms with van der Waals surface area (Å²) in [6.45, 7) is 4.35. The zero-order chi connectivity index (χ0) is 23.9. The summed E-state index contributed by atoms with van der Waals surface area (Å²) in [5.41, 5.74) is -2.76. The summed E-state index contributed by atoms with van der Waals surface area (Å²) in [6.07, 6.45) is -3.49. The number of rotatable bonds is 4. The lowest BCUT2D eigenvalue weighted by Crippen LogP contribution is -2.49. The number of nitrogens with one attached hydrogen (secondary N) is 1. The van der Waals surface area contributed by atoms with Gasteiger partial charge in [0.2, 0.25) is 5.82 Å². The molecule has 7 nitrogen and oxygen atoms in total. The molecule has 3 aromatic rings. The summed E-state index contributed by atoms with van der Waals surface area (Å²) < 4.78 is 75.3. The molecule has 0 spiro atoms. The van der Waals surface area contributed by atoms with Gasteiger partial charge in [-0.3, -0.25) is 4.79 Å². The van der Waals surface area contributed by atoms with E-state index >= 15 is 0 Å². The second kappa shape index (κ2) is 8.58. The minimum atomic E-state index is -4.85. The maximum Gasteiger partial charge on any atom is 0.419 e. The molecule has 1 N–H and O–H groups in total. The molecule has 0 bridgehead atoms. The Hall–Kier alpha value is -3.28. The van der Waals surface area contributed by atoms with Crippen LogP contribution in [-0.4, -0.2) is 40.9 Å². The average Bonchev–Trinajstić information content (AvgIpc) is 2.76. The molecule has 33 heavy (non-hydrogen) atoms. The lowest BCUT2D eigenvalue weighted by molar-refractivity contribution is -0.140. The quantitative estimate of drug-likeness (QED) is 0.590. The van der Waals surface area contributed by atoms with Gasteiger partial charge in [0.15, 0.2) is 0 Å². The van der Waals surface area contributed by atoms with E-state index in [1.807, 2.05) is 0 Å². The first-order valence-corrected chi connectivity index (χ1v) is 10.1. The number of ether oxygens (including phenoxy) is 1. The summed E-state index contributed by atoms with van der Waals surface area (Å²) in [4.78, 5) is 20.8. The predicted molar refractivity (Wildman–Crippen MR) is 111 cm³/mol. The summed E-state index contributed by atoms with van der Waals surface area (Å²) in [7, 11) is 0. The number of nitrogens with zero attached hydrogens (tertiary/aromatic N) is 4. The van der Waals surface area contributed by atoms with Crippen molar-refractivity contribution in [2.75, 3.05) is 36.6 Å². The Balaban J connectivity index is 1.79. The fourth-order valence-electron chi connectivity index (χ4n) is 3.73. The van der Waals surface area contributed by atoms with Gasteiger partial charge in [-0.25, -0.2) is 19.0 Å². The maximum absolute atomic E-state index is 15.0. The van der Waals surface area contributed by atoms with Crippen molar-refractivity contribution in [1.82, 2.24) is 14.6 Å². The molecule has 176 valence electrons. The van der Waals surface area contributed by atoms with Gasteiger partial charge in [-0.05, 0) is 19.9 Å². The fraction of sp³-hybridized carbons (Fsp3) is 0.381. The third kappa shape index (κ3) is 4.34. The molecule has 1 aliphatic heterocycles. The van der Waals surface area contributed by atoms with Gasteiger partial charge in [0.05, 0.1) is 43.3 Å². The molecule has 0 saturated carbocycles. The second-order valence-corrected chi connectivity index (χ2v) is 7.61. The topological polar surface area (TPSA) is 72.3 Å². The first-order chi connectivity index (χ1) is 15.6. The van der Waals surface area contributed by atoms with Crippen LogP contribution in [0.5, 0.6) is 0 Å². The van der Waals surface area contributed by atoms with Gasteiger partial charge in [-0.15, -0.1) is 0 Å². The van der Waals surface area contributed by atoms with Crippen LogP contribution in [0, 0.1) is 18.6 Å². The summed E-state index contributed by atoms with van der Waals surface area (Å²) >= 11 is 0. The first kappa shape index (κ1) is 22.9. The van der Waals surface area contributed by atoms with E-state index in [-0.39, 0.29) is 28.1 Å². The number of hydrogen-bond acceptors (Lipinski definition) is 6. The first-order valence-electron chi connectivity index (χ1n) is 10.1. The number of halogens is 5. The van der Waals surface area contributed by atoms with Gasteiger partial charge in [-0.1, -0.05) is 12.1 Å². The Morgan fingerprint density at radius 1 is 1.12 bits per heavy atom. The van der Waals surface area contributed by atoms with E-state index < -0.39 is 35.0 Å². The van der Waals surface area contributed by atoms with Gasteiger partial charge in [-0.2, -0.15) is 17.6 Å². The minimum Gasteiger partial charge on any atom is -0.378 e. The molecular weight excluding hydrogens is 449 g/mol. The molecule has 4 rings (SSSR count). The molecule has 1 saturated heterocycles. The van der Waals surface area contributed by atoms with Crippen LogP contribution in [-0.2, 0) is 10.9 Å². The Bertz CT molecular complexity index is 1250. The van der Waals surface area contributed by atoms with E-state index in [4.69, 9.17) is 4.74 Å². The molecule has 1 fully saturated rings. The zero-order valence-electron chi connectivity index (χ0n) is 17.7. The van der Waals surface area contributed by atoms with Crippen LogP contribution in [0.2, 0.25) is 0 Å². The van der Waals surface area contributed by atoms with Crippen molar-refractivity contribution < 1.29 is 26.7 Å². The molecule has 0 aliphatic carbocycles. The number of anilines is 1. The SMILES string of the molecule is Cc1nc(N[C@H](C)c2cccc(C(F)(F)F)c2F)c2cn(N3CCOCC3)c(=O)c(F)c2n1. The highest BCUT2D eigenvalue weighted by Crippen LogP contribution is 2.35. The van der Waals surface area contributed by atoms with E-state index in [2.05, 4.69) is 15.3 Å². The van der Waals surface area contributed by atoms with E-state index in [0.29, 0.717) is 32.4 Å². The second-order valence-electron chi connectivity index (χ2n) is 7.61. The van der Waals surface area contributed by atoms with Gasteiger partial charge in [0, 0.05) is 11.8 Å². The maximum atomic E-state index is 15.0. The zero-order valence-corrected chi connectivity index (χ0v) is 17.7. The van der Waals surface area contributed by atoms with Crippen molar-refractivity contribution in [3.63, 3.8) is 0 Å². The Kier molecular flexibility index (Phi) is 5.95. The van der Waals surface area contributed by atoms with E-state index in [1.165, 1.54) is 26.1 Å². The lowest BCUT2D eigenvalue weighted by atomic mass is 10.0. The molecule has 12 heteroatoms. The fourth-order valence-corrected chi connectivity index (χ4v) is 3.73. The van der Waals surface area contributed by atoms with Crippen molar-refractivity contribution in [3.8, 4) is 0 Å². The van der Waals surface area contributed by atoms with Gasteiger partial charge >= 0.3 is 11.7 Å². The molecule has 0 radical (unpaired) electrons. The van der Waals surface area contributed by atoms with Crippen LogP contribution in [0.1, 0.15) is 29.9 Å². The highest BCUT2D eigenvalue weighted by Gasteiger charge is 2.35. The van der Waals surface area contributed by atoms with Crippen LogP contribution in [0.3, 0.4) is 0 Å². The monoisotopic (exact) mass is 469 g/mol. The van der Waals surface area contributed by atoms with E-state index in [9.17, 15) is 26.7 Å². The number of pyridine rings is 1. The number of morpholine rings is 1. The lowest BCUT2D eigenvalue weighted by Gasteiger charge is -2.30. The van der Waals surface area contributed by atoms with Crippen LogP contribution >= 0.6 is 0 Å². The van der Waals surface area contributed by atoms with Crippen molar-refractivity contribution in [2.24, 2.45) is 0 Å². The van der Waals surface area contributed by atoms with Gasteiger partial charge in [0.25, 0.3) is 0 Å². The van der Waals surface area contributed by atoms with Crippen LogP contribution in [0.25, 0.3) is 10.9 Å². The van der Waals surface area contributed by atoms with Gasteiger partial charge < -0.3 is 15.1 Å². The minimum absolute atomic E-state index is 0.0581. The number of aromatic nitrogens is 3. The smallest absolute Gasteiger partial charge is 0.378 e.